The SMILES string of the molecule is CCC1(C(=O)N(C)CC(C)O)CCNC1. The van der Waals surface area contributed by atoms with Crippen molar-refractivity contribution in [2.45, 2.75) is 32.8 Å². The van der Waals surface area contributed by atoms with Crippen molar-refractivity contribution in [2.75, 3.05) is 26.7 Å². The van der Waals surface area contributed by atoms with E-state index >= 15 is 0 Å². The Morgan fingerprint density at radius 3 is 2.73 bits per heavy atom. The van der Waals surface area contributed by atoms with Gasteiger partial charge in [-0.15, -0.1) is 0 Å². The predicted molar refractivity (Wildman–Crippen MR) is 59.5 cm³/mol. The molecule has 4 heteroatoms. The maximum Gasteiger partial charge on any atom is 0.229 e. The van der Waals surface area contributed by atoms with Crippen molar-refractivity contribution in [3.05, 3.63) is 0 Å². The average Bonchev–Trinajstić information content (AvgIpc) is 2.65. The van der Waals surface area contributed by atoms with E-state index in [1.807, 2.05) is 0 Å². The Kier molecular flexibility index (Phi) is 4.11. The van der Waals surface area contributed by atoms with Crippen molar-refractivity contribution in [1.29, 1.82) is 0 Å². The van der Waals surface area contributed by atoms with Gasteiger partial charge in [-0.1, -0.05) is 6.92 Å². The lowest BCUT2D eigenvalue weighted by Crippen LogP contribution is -2.45. The number of carbonyl (C=O) groups excluding carboxylic acids is 1. The van der Waals surface area contributed by atoms with Crippen LogP contribution in [0.3, 0.4) is 0 Å². The molecule has 0 aromatic carbocycles. The molecule has 1 fully saturated rings. The van der Waals surface area contributed by atoms with Crippen LogP contribution in [0.5, 0.6) is 0 Å². The van der Waals surface area contributed by atoms with Crippen LogP contribution in [0.2, 0.25) is 0 Å². The minimum Gasteiger partial charge on any atom is -0.392 e. The summed E-state index contributed by atoms with van der Waals surface area (Å²) < 4.78 is 0. The quantitative estimate of drug-likeness (QED) is 0.703. The third-order valence-electron chi connectivity index (χ3n) is 3.26. The van der Waals surface area contributed by atoms with Crippen LogP contribution in [0, 0.1) is 5.41 Å². The zero-order chi connectivity index (χ0) is 11.5. The fraction of sp³-hybridized carbons (Fsp3) is 0.909. The Balaban J connectivity index is 2.64. The van der Waals surface area contributed by atoms with Crippen LogP contribution >= 0.6 is 0 Å². The van der Waals surface area contributed by atoms with Crippen LogP contribution in [0.4, 0.5) is 0 Å². The molecule has 0 spiro atoms. The molecule has 0 saturated carbocycles. The predicted octanol–water partition coefficient (Wildman–Crippen LogP) is 0.215. The lowest BCUT2D eigenvalue weighted by atomic mass is 9.83. The second kappa shape index (κ2) is 4.94. The van der Waals surface area contributed by atoms with Crippen molar-refractivity contribution in [1.82, 2.24) is 10.2 Å². The van der Waals surface area contributed by atoms with Gasteiger partial charge in [0.15, 0.2) is 0 Å². The number of nitrogens with one attached hydrogen (secondary N) is 1. The van der Waals surface area contributed by atoms with Crippen LogP contribution < -0.4 is 5.32 Å². The van der Waals surface area contributed by atoms with Crippen LogP contribution in [-0.4, -0.2) is 48.7 Å². The average molecular weight is 214 g/mol. The number of amides is 1. The fourth-order valence-corrected chi connectivity index (χ4v) is 2.26. The van der Waals surface area contributed by atoms with Gasteiger partial charge < -0.3 is 15.3 Å². The first kappa shape index (κ1) is 12.5. The van der Waals surface area contributed by atoms with E-state index in [9.17, 15) is 9.90 Å². The monoisotopic (exact) mass is 214 g/mol. The molecule has 2 atom stereocenters. The number of nitrogens with zero attached hydrogens (tertiary/aromatic N) is 1. The van der Waals surface area contributed by atoms with Gasteiger partial charge in [-0.05, 0) is 26.3 Å². The number of rotatable bonds is 4. The van der Waals surface area contributed by atoms with Gasteiger partial charge in [-0.3, -0.25) is 4.79 Å². The molecular weight excluding hydrogens is 192 g/mol. The van der Waals surface area contributed by atoms with E-state index in [1.165, 1.54) is 0 Å². The van der Waals surface area contributed by atoms with Crippen LogP contribution in [0.1, 0.15) is 26.7 Å². The molecule has 1 amide bonds. The molecule has 88 valence electrons. The zero-order valence-corrected chi connectivity index (χ0v) is 9.92. The van der Waals surface area contributed by atoms with Crippen molar-refractivity contribution in [3.63, 3.8) is 0 Å². The first-order valence-electron chi connectivity index (χ1n) is 5.66. The van der Waals surface area contributed by atoms with E-state index < -0.39 is 6.10 Å². The Labute approximate surface area is 91.6 Å². The summed E-state index contributed by atoms with van der Waals surface area (Å²) in [5.41, 5.74) is -0.232. The minimum atomic E-state index is -0.456. The van der Waals surface area contributed by atoms with Gasteiger partial charge in [-0.25, -0.2) is 0 Å². The van der Waals surface area contributed by atoms with Crippen molar-refractivity contribution in [3.8, 4) is 0 Å². The third kappa shape index (κ3) is 2.69. The third-order valence-corrected chi connectivity index (χ3v) is 3.26. The molecule has 4 nitrogen and oxygen atoms in total. The Hall–Kier alpha value is -0.610. The summed E-state index contributed by atoms with van der Waals surface area (Å²) in [5.74, 6) is 0.163. The molecule has 15 heavy (non-hydrogen) atoms. The van der Waals surface area contributed by atoms with Crippen molar-refractivity contribution >= 4 is 5.91 Å². The maximum atomic E-state index is 12.2. The zero-order valence-electron chi connectivity index (χ0n) is 9.92. The molecule has 1 saturated heterocycles. The van der Waals surface area contributed by atoms with E-state index in [1.54, 1.807) is 18.9 Å². The summed E-state index contributed by atoms with van der Waals surface area (Å²) in [5, 5.41) is 12.5. The van der Waals surface area contributed by atoms with Crippen molar-refractivity contribution in [2.24, 2.45) is 5.41 Å². The highest BCUT2D eigenvalue weighted by Gasteiger charge is 2.41. The molecule has 0 radical (unpaired) electrons. The van der Waals surface area contributed by atoms with Crippen LogP contribution in [0.25, 0.3) is 0 Å². The van der Waals surface area contributed by atoms with E-state index in [2.05, 4.69) is 12.2 Å². The van der Waals surface area contributed by atoms with Crippen LogP contribution in [0.15, 0.2) is 0 Å². The first-order valence-corrected chi connectivity index (χ1v) is 5.66. The van der Waals surface area contributed by atoms with E-state index in [0.29, 0.717) is 6.54 Å². The summed E-state index contributed by atoms with van der Waals surface area (Å²) in [6.45, 7) is 5.87. The number of aliphatic hydroxyl groups is 1. The number of aliphatic hydroxyl groups excluding tert-OH is 1. The molecule has 1 heterocycles. The van der Waals surface area contributed by atoms with Crippen LogP contribution in [-0.2, 0) is 4.79 Å². The molecule has 0 aromatic rings. The summed E-state index contributed by atoms with van der Waals surface area (Å²) in [6.07, 6.45) is 1.32. The molecule has 2 unspecified atom stereocenters. The Morgan fingerprint density at radius 1 is 1.67 bits per heavy atom. The number of hydrogen-bond acceptors (Lipinski definition) is 3. The fourth-order valence-electron chi connectivity index (χ4n) is 2.26. The molecule has 0 aromatic heterocycles. The molecular formula is C11H22N2O2. The standard InChI is InChI=1S/C11H22N2O2/c1-4-11(5-6-12-8-11)10(15)13(3)7-9(2)14/h9,12,14H,4-8H2,1-3H3. The first-order chi connectivity index (χ1) is 7.02. The van der Waals surface area contributed by atoms with E-state index in [-0.39, 0.29) is 11.3 Å². The van der Waals surface area contributed by atoms with Crippen molar-refractivity contribution < 1.29 is 9.90 Å². The van der Waals surface area contributed by atoms with Gasteiger partial charge in [0, 0.05) is 20.1 Å². The van der Waals surface area contributed by atoms with E-state index in [0.717, 1.165) is 25.9 Å². The van der Waals surface area contributed by atoms with Gasteiger partial charge in [0.25, 0.3) is 0 Å². The lowest BCUT2D eigenvalue weighted by Gasteiger charge is -2.31. The van der Waals surface area contributed by atoms with Gasteiger partial charge in [0.2, 0.25) is 5.91 Å². The summed E-state index contributed by atoms with van der Waals surface area (Å²) >= 11 is 0. The lowest BCUT2D eigenvalue weighted by molar-refractivity contribution is -0.141. The molecule has 1 aliphatic heterocycles. The van der Waals surface area contributed by atoms with Gasteiger partial charge in [0.05, 0.1) is 11.5 Å². The minimum absolute atomic E-state index is 0.163. The molecule has 1 rings (SSSR count). The Morgan fingerprint density at radius 2 is 2.33 bits per heavy atom. The topological polar surface area (TPSA) is 52.6 Å². The highest BCUT2D eigenvalue weighted by atomic mass is 16.3. The smallest absolute Gasteiger partial charge is 0.229 e. The highest BCUT2D eigenvalue weighted by Crippen LogP contribution is 2.31. The summed E-state index contributed by atoms with van der Waals surface area (Å²) in [7, 11) is 1.77. The Bertz CT molecular complexity index is 223. The number of likely N-dealkylation sites (N-methyl/N-ethyl adjacent to an activating group) is 1. The molecule has 0 bridgehead atoms. The summed E-state index contributed by atoms with van der Waals surface area (Å²) in [6, 6.07) is 0. The highest BCUT2D eigenvalue weighted by molar-refractivity contribution is 5.83. The maximum absolute atomic E-state index is 12.2. The van der Waals surface area contributed by atoms with Gasteiger partial charge >= 0.3 is 0 Å². The largest absolute Gasteiger partial charge is 0.392 e. The second-order valence-corrected chi connectivity index (χ2v) is 4.60. The van der Waals surface area contributed by atoms with Gasteiger partial charge in [-0.2, -0.15) is 0 Å². The van der Waals surface area contributed by atoms with Gasteiger partial charge in [0.1, 0.15) is 0 Å². The van der Waals surface area contributed by atoms with E-state index in [4.69, 9.17) is 0 Å². The normalized spacial score (nSPS) is 27.7. The molecule has 0 aliphatic carbocycles. The molecule has 1 aliphatic rings. The number of hydrogen-bond donors (Lipinski definition) is 2. The molecule has 2 N–H and O–H groups in total. The second-order valence-electron chi connectivity index (χ2n) is 4.60. The summed E-state index contributed by atoms with van der Waals surface area (Å²) in [4.78, 5) is 13.9. The number of carbonyl (C=O) groups is 1.